The van der Waals surface area contributed by atoms with Gasteiger partial charge in [0.15, 0.2) is 0 Å². The van der Waals surface area contributed by atoms with Crippen molar-refractivity contribution in [2.75, 3.05) is 6.61 Å². The van der Waals surface area contributed by atoms with E-state index in [4.69, 9.17) is 15.4 Å². The van der Waals surface area contributed by atoms with E-state index in [9.17, 15) is 12.8 Å². The minimum Gasteiger partial charge on any atom is -0.493 e. The van der Waals surface area contributed by atoms with Crippen molar-refractivity contribution < 1.29 is 17.5 Å². The molecule has 2 rings (SSSR count). The summed E-state index contributed by atoms with van der Waals surface area (Å²) >= 11 is 0. The van der Waals surface area contributed by atoms with Gasteiger partial charge in [0.2, 0.25) is 0 Å². The fraction of sp³-hybridized carbons (Fsp3) is 0.538. The van der Waals surface area contributed by atoms with E-state index in [1.165, 1.54) is 25.3 Å². The molecule has 1 aromatic carbocycles. The Kier molecular flexibility index (Phi) is 4.68. The van der Waals surface area contributed by atoms with Gasteiger partial charge in [-0.15, -0.1) is 0 Å². The number of halogens is 2. The summed E-state index contributed by atoms with van der Waals surface area (Å²) in [6, 6.07) is 3.63. The highest BCUT2D eigenvalue weighted by molar-refractivity contribution is 8.13. The largest absolute Gasteiger partial charge is 0.493 e. The molecule has 19 heavy (non-hydrogen) atoms. The van der Waals surface area contributed by atoms with Gasteiger partial charge in [-0.25, -0.2) is 12.8 Å². The monoisotopic (exact) mass is 306 g/mol. The highest BCUT2D eigenvalue weighted by Gasteiger charge is 2.18. The highest BCUT2D eigenvalue weighted by atomic mass is 35.7. The lowest BCUT2D eigenvalue weighted by atomic mass is 9.90. The molecule has 0 aliphatic heterocycles. The van der Waals surface area contributed by atoms with Crippen LogP contribution in [0.3, 0.4) is 0 Å². The molecule has 0 unspecified atom stereocenters. The molecule has 1 aliphatic carbocycles. The van der Waals surface area contributed by atoms with Crippen molar-refractivity contribution in [2.45, 2.75) is 37.0 Å². The molecule has 0 heterocycles. The molecule has 1 aromatic rings. The Balaban J connectivity index is 2.00. The number of hydrogen-bond acceptors (Lipinski definition) is 3. The van der Waals surface area contributed by atoms with Crippen LogP contribution in [0.15, 0.2) is 23.1 Å². The summed E-state index contributed by atoms with van der Waals surface area (Å²) in [7, 11) is 1.06. The van der Waals surface area contributed by atoms with Crippen LogP contribution in [0.1, 0.15) is 32.1 Å². The van der Waals surface area contributed by atoms with Crippen LogP contribution >= 0.6 is 10.7 Å². The quantitative estimate of drug-likeness (QED) is 0.796. The van der Waals surface area contributed by atoms with E-state index in [1.807, 2.05) is 0 Å². The highest BCUT2D eigenvalue weighted by Crippen LogP contribution is 2.26. The Hall–Kier alpha value is -0.810. The average Bonchev–Trinajstić information content (AvgIpc) is 2.36. The second kappa shape index (κ2) is 6.09. The maximum absolute atomic E-state index is 13.6. The molecule has 0 spiro atoms. The molecule has 0 saturated heterocycles. The first kappa shape index (κ1) is 14.6. The lowest BCUT2D eigenvalue weighted by Gasteiger charge is -2.21. The average molecular weight is 307 g/mol. The van der Waals surface area contributed by atoms with Gasteiger partial charge in [-0.3, -0.25) is 0 Å². The van der Waals surface area contributed by atoms with Crippen LogP contribution in [0.2, 0.25) is 0 Å². The van der Waals surface area contributed by atoms with Crippen molar-refractivity contribution in [3.63, 3.8) is 0 Å². The van der Waals surface area contributed by atoms with Crippen LogP contribution in [0, 0.1) is 11.7 Å². The first-order valence-corrected chi connectivity index (χ1v) is 8.65. The third-order valence-corrected chi connectivity index (χ3v) is 4.73. The summed E-state index contributed by atoms with van der Waals surface area (Å²) < 4.78 is 41.2. The molecule has 106 valence electrons. The Morgan fingerprint density at radius 3 is 2.53 bits per heavy atom. The summed E-state index contributed by atoms with van der Waals surface area (Å²) in [5, 5.41) is 0. The maximum atomic E-state index is 13.6. The molecule has 0 bridgehead atoms. The van der Waals surface area contributed by atoms with Crippen molar-refractivity contribution in [1.82, 2.24) is 0 Å². The van der Waals surface area contributed by atoms with Crippen molar-refractivity contribution in [2.24, 2.45) is 5.92 Å². The molecular formula is C13H16ClFO3S. The zero-order valence-corrected chi connectivity index (χ0v) is 12.0. The van der Waals surface area contributed by atoms with E-state index in [0.717, 1.165) is 25.0 Å². The Labute approximate surface area is 117 Å². The lowest BCUT2D eigenvalue weighted by molar-refractivity contribution is 0.208. The SMILES string of the molecule is O=S(=O)(Cl)c1ccc(OCC2CCCCC2)cc1F. The van der Waals surface area contributed by atoms with Gasteiger partial charge < -0.3 is 4.74 Å². The predicted octanol–water partition coefficient (Wildman–Crippen LogP) is 3.71. The van der Waals surface area contributed by atoms with Gasteiger partial charge in [-0.2, -0.15) is 0 Å². The fourth-order valence-corrected chi connectivity index (χ4v) is 3.23. The molecule has 6 heteroatoms. The van der Waals surface area contributed by atoms with Gasteiger partial charge in [0.1, 0.15) is 16.5 Å². The van der Waals surface area contributed by atoms with Crippen molar-refractivity contribution in [1.29, 1.82) is 0 Å². The minimum atomic E-state index is -4.04. The van der Waals surface area contributed by atoms with Crippen molar-refractivity contribution in [3.8, 4) is 5.75 Å². The van der Waals surface area contributed by atoms with Gasteiger partial charge >= 0.3 is 0 Å². The van der Waals surface area contributed by atoms with Crippen LogP contribution in [0.5, 0.6) is 5.75 Å². The maximum Gasteiger partial charge on any atom is 0.264 e. The van der Waals surface area contributed by atoms with Gasteiger partial charge in [-0.05, 0) is 30.9 Å². The first-order valence-electron chi connectivity index (χ1n) is 6.34. The van der Waals surface area contributed by atoms with E-state index in [1.54, 1.807) is 0 Å². The molecule has 0 amide bonds. The van der Waals surface area contributed by atoms with E-state index in [0.29, 0.717) is 18.3 Å². The topological polar surface area (TPSA) is 43.4 Å². The Morgan fingerprint density at radius 1 is 1.26 bits per heavy atom. The van der Waals surface area contributed by atoms with E-state index in [-0.39, 0.29) is 0 Å². The fourth-order valence-electron chi connectivity index (χ4n) is 2.34. The number of hydrogen-bond donors (Lipinski definition) is 0. The van der Waals surface area contributed by atoms with Gasteiger partial charge in [0.05, 0.1) is 6.61 Å². The zero-order valence-electron chi connectivity index (χ0n) is 10.4. The van der Waals surface area contributed by atoms with Crippen LogP contribution in [-0.4, -0.2) is 15.0 Å². The van der Waals surface area contributed by atoms with Gasteiger partial charge in [-0.1, -0.05) is 19.3 Å². The second-order valence-corrected chi connectivity index (χ2v) is 7.38. The summed E-state index contributed by atoms with van der Waals surface area (Å²) in [6.07, 6.45) is 5.97. The third-order valence-electron chi connectivity index (χ3n) is 3.38. The second-order valence-electron chi connectivity index (χ2n) is 4.85. The summed E-state index contributed by atoms with van der Waals surface area (Å²) in [5.41, 5.74) is 0. The molecule has 0 atom stereocenters. The third kappa shape index (κ3) is 4.08. The van der Waals surface area contributed by atoms with Crippen LogP contribution in [0.4, 0.5) is 4.39 Å². The minimum absolute atomic E-state index is 0.340. The predicted molar refractivity (Wildman–Crippen MR) is 71.5 cm³/mol. The van der Waals surface area contributed by atoms with Crippen LogP contribution < -0.4 is 4.74 Å². The van der Waals surface area contributed by atoms with E-state index >= 15 is 0 Å². The van der Waals surface area contributed by atoms with E-state index < -0.39 is 19.8 Å². The van der Waals surface area contributed by atoms with Gasteiger partial charge in [0.25, 0.3) is 9.05 Å². The molecule has 0 radical (unpaired) electrons. The van der Waals surface area contributed by atoms with Crippen LogP contribution in [-0.2, 0) is 9.05 Å². The summed E-state index contributed by atoms with van der Waals surface area (Å²) in [5.74, 6) is -0.0310. The molecule has 1 aliphatic rings. The number of rotatable bonds is 4. The standard InChI is InChI=1S/C13H16ClFO3S/c14-19(16,17)13-7-6-11(8-12(13)15)18-9-10-4-2-1-3-5-10/h6-8,10H,1-5,9H2. The van der Waals surface area contributed by atoms with Crippen molar-refractivity contribution in [3.05, 3.63) is 24.0 Å². The molecule has 1 saturated carbocycles. The Bertz CT molecular complexity index is 539. The molecule has 0 aromatic heterocycles. The number of benzene rings is 1. The summed E-state index contributed by atoms with van der Waals surface area (Å²) in [4.78, 5) is -0.515. The van der Waals surface area contributed by atoms with Crippen molar-refractivity contribution >= 4 is 19.7 Å². The summed E-state index contributed by atoms with van der Waals surface area (Å²) in [6.45, 7) is 0.548. The van der Waals surface area contributed by atoms with Crippen LogP contribution in [0.25, 0.3) is 0 Å². The van der Waals surface area contributed by atoms with Gasteiger partial charge in [0, 0.05) is 16.7 Å². The molecule has 0 N–H and O–H groups in total. The Morgan fingerprint density at radius 2 is 1.95 bits per heavy atom. The smallest absolute Gasteiger partial charge is 0.264 e. The molecule has 3 nitrogen and oxygen atoms in total. The van der Waals surface area contributed by atoms with E-state index in [2.05, 4.69) is 0 Å². The lowest BCUT2D eigenvalue weighted by Crippen LogP contribution is -2.15. The first-order chi connectivity index (χ1) is 8.97. The zero-order chi connectivity index (χ0) is 13.9. The molecule has 1 fully saturated rings. The normalized spacial score (nSPS) is 17.4. The molecular weight excluding hydrogens is 291 g/mol. The number of ether oxygens (including phenoxy) is 1.